The number of carbonyl (C=O) groups excluding carboxylic acids is 1. The molecule has 0 aromatic carbocycles. The number of carbonyl (C=O) groups is 1. The number of anilines is 2. The second-order valence-electron chi connectivity index (χ2n) is 4.27. The quantitative estimate of drug-likeness (QED) is 0.905. The number of amides is 1. The number of hydrogen-bond acceptors (Lipinski definition) is 6. The van der Waals surface area contributed by atoms with Gasteiger partial charge >= 0.3 is 0 Å². The summed E-state index contributed by atoms with van der Waals surface area (Å²) in [6.45, 7) is 1.78. The van der Waals surface area contributed by atoms with Crippen molar-refractivity contribution < 1.29 is 4.79 Å². The van der Waals surface area contributed by atoms with E-state index in [1.54, 1.807) is 6.92 Å². The van der Waals surface area contributed by atoms with Crippen molar-refractivity contribution in [3.05, 3.63) is 21.6 Å². The molecule has 1 fully saturated rings. The predicted octanol–water partition coefficient (Wildman–Crippen LogP) is 2.62. The summed E-state index contributed by atoms with van der Waals surface area (Å²) < 4.78 is 0. The van der Waals surface area contributed by atoms with Gasteiger partial charge in [-0.05, 0) is 19.8 Å². The number of rotatable bonds is 3. The molecule has 0 atom stereocenters. The van der Waals surface area contributed by atoms with Gasteiger partial charge in [-0.3, -0.25) is 10.1 Å². The third-order valence-electron chi connectivity index (χ3n) is 2.76. The average Bonchev–Trinajstić information content (AvgIpc) is 2.97. The van der Waals surface area contributed by atoms with Crippen molar-refractivity contribution in [1.82, 2.24) is 9.97 Å². The van der Waals surface area contributed by atoms with E-state index < -0.39 is 0 Å². The Morgan fingerprint density at radius 3 is 2.89 bits per heavy atom. The maximum absolute atomic E-state index is 12.0. The van der Waals surface area contributed by atoms with Crippen molar-refractivity contribution in [1.29, 1.82) is 0 Å². The van der Waals surface area contributed by atoms with Crippen LogP contribution in [0.2, 0.25) is 0 Å². The molecule has 1 saturated carbocycles. The van der Waals surface area contributed by atoms with Crippen LogP contribution in [0.1, 0.15) is 39.8 Å². The van der Waals surface area contributed by atoms with E-state index in [1.807, 2.05) is 5.38 Å². The van der Waals surface area contributed by atoms with E-state index in [9.17, 15) is 4.79 Å². The molecule has 18 heavy (non-hydrogen) atoms. The fourth-order valence-electron chi connectivity index (χ4n) is 1.69. The highest BCUT2D eigenvalue weighted by atomic mass is 32.1. The Labute approximate surface area is 112 Å². The Kier molecular flexibility index (Phi) is 2.79. The van der Waals surface area contributed by atoms with E-state index in [2.05, 4.69) is 15.3 Å². The monoisotopic (exact) mass is 280 g/mol. The van der Waals surface area contributed by atoms with E-state index in [0.29, 0.717) is 26.8 Å². The topological polar surface area (TPSA) is 80.9 Å². The molecule has 0 saturated heterocycles. The number of nitrogen functional groups attached to an aromatic ring is 1. The minimum absolute atomic E-state index is 0.182. The van der Waals surface area contributed by atoms with Crippen LogP contribution >= 0.6 is 22.7 Å². The largest absolute Gasteiger partial charge is 0.375 e. The second-order valence-corrected chi connectivity index (χ2v) is 6.16. The van der Waals surface area contributed by atoms with Gasteiger partial charge in [-0.25, -0.2) is 9.97 Å². The van der Waals surface area contributed by atoms with Crippen molar-refractivity contribution in [3.8, 4) is 0 Å². The first-order valence-electron chi connectivity index (χ1n) is 5.63. The molecule has 0 bridgehead atoms. The molecule has 0 spiro atoms. The van der Waals surface area contributed by atoms with Gasteiger partial charge in [0.1, 0.15) is 4.88 Å². The number of aromatic nitrogens is 2. The summed E-state index contributed by atoms with van der Waals surface area (Å²) in [4.78, 5) is 21.0. The van der Waals surface area contributed by atoms with Gasteiger partial charge in [0, 0.05) is 11.3 Å². The molecule has 0 radical (unpaired) electrons. The van der Waals surface area contributed by atoms with Crippen LogP contribution in [-0.2, 0) is 0 Å². The van der Waals surface area contributed by atoms with Crippen molar-refractivity contribution in [2.45, 2.75) is 25.7 Å². The first-order valence-corrected chi connectivity index (χ1v) is 7.33. The predicted molar refractivity (Wildman–Crippen MR) is 73.3 cm³/mol. The summed E-state index contributed by atoms with van der Waals surface area (Å²) in [5, 5.41) is 5.87. The van der Waals surface area contributed by atoms with Crippen molar-refractivity contribution in [2.75, 3.05) is 11.1 Å². The minimum atomic E-state index is -0.182. The number of aryl methyl sites for hydroxylation is 1. The lowest BCUT2D eigenvalue weighted by Crippen LogP contribution is -2.11. The van der Waals surface area contributed by atoms with Gasteiger partial charge in [0.05, 0.1) is 11.4 Å². The standard InChI is InChI=1S/C11H12N4OS2/c1-5-8(18-10(12)13-5)9(16)15-11-14-7(4-17-11)6-2-3-6/h4,6H,2-3H2,1H3,(H2,12,13)(H,14,15,16). The van der Waals surface area contributed by atoms with Gasteiger partial charge < -0.3 is 5.73 Å². The summed E-state index contributed by atoms with van der Waals surface area (Å²) in [5.74, 6) is 0.422. The highest BCUT2D eigenvalue weighted by molar-refractivity contribution is 7.17. The van der Waals surface area contributed by atoms with Crippen LogP contribution in [0, 0.1) is 6.92 Å². The smallest absolute Gasteiger partial charge is 0.269 e. The van der Waals surface area contributed by atoms with Gasteiger partial charge in [-0.1, -0.05) is 11.3 Å². The van der Waals surface area contributed by atoms with Crippen LogP contribution in [0.4, 0.5) is 10.3 Å². The van der Waals surface area contributed by atoms with Gasteiger partial charge in [0.2, 0.25) is 0 Å². The third-order valence-corrected chi connectivity index (χ3v) is 4.52. The van der Waals surface area contributed by atoms with Crippen LogP contribution < -0.4 is 11.1 Å². The number of nitrogens with one attached hydrogen (secondary N) is 1. The number of thiazole rings is 2. The molecule has 0 aliphatic heterocycles. The molecule has 5 nitrogen and oxygen atoms in total. The maximum Gasteiger partial charge on any atom is 0.269 e. The van der Waals surface area contributed by atoms with Crippen molar-refractivity contribution >= 4 is 38.8 Å². The van der Waals surface area contributed by atoms with Crippen LogP contribution in [0.3, 0.4) is 0 Å². The Balaban J connectivity index is 1.74. The van der Waals surface area contributed by atoms with Crippen LogP contribution in [0.25, 0.3) is 0 Å². The van der Waals surface area contributed by atoms with E-state index in [1.165, 1.54) is 35.5 Å². The zero-order chi connectivity index (χ0) is 12.7. The molecule has 0 unspecified atom stereocenters. The first kappa shape index (κ1) is 11.6. The minimum Gasteiger partial charge on any atom is -0.375 e. The maximum atomic E-state index is 12.0. The summed E-state index contributed by atoms with van der Waals surface area (Å²) in [7, 11) is 0. The highest BCUT2D eigenvalue weighted by Gasteiger charge is 2.26. The Bertz CT molecular complexity index is 600. The van der Waals surface area contributed by atoms with Gasteiger partial charge in [0.25, 0.3) is 5.91 Å². The SMILES string of the molecule is Cc1nc(N)sc1C(=O)Nc1nc(C2CC2)cs1. The van der Waals surface area contributed by atoms with Gasteiger partial charge in [-0.15, -0.1) is 11.3 Å². The lowest BCUT2D eigenvalue weighted by Gasteiger charge is -1.98. The summed E-state index contributed by atoms with van der Waals surface area (Å²) in [5.41, 5.74) is 7.33. The molecular weight excluding hydrogens is 268 g/mol. The Morgan fingerprint density at radius 2 is 2.28 bits per heavy atom. The molecule has 7 heteroatoms. The van der Waals surface area contributed by atoms with Gasteiger partial charge in [0.15, 0.2) is 10.3 Å². The molecule has 2 aromatic heterocycles. The summed E-state index contributed by atoms with van der Waals surface area (Å²) >= 11 is 2.66. The zero-order valence-corrected chi connectivity index (χ0v) is 11.4. The molecule has 3 N–H and O–H groups in total. The van der Waals surface area contributed by atoms with E-state index in [0.717, 1.165) is 5.69 Å². The Morgan fingerprint density at radius 1 is 1.50 bits per heavy atom. The van der Waals surface area contributed by atoms with Gasteiger partial charge in [-0.2, -0.15) is 0 Å². The molecular formula is C11H12N4OS2. The highest BCUT2D eigenvalue weighted by Crippen LogP contribution is 2.40. The molecule has 1 aliphatic carbocycles. The summed E-state index contributed by atoms with van der Waals surface area (Å²) in [6.07, 6.45) is 2.42. The fraction of sp³-hybridized carbons (Fsp3) is 0.364. The lowest BCUT2D eigenvalue weighted by molar-refractivity contribution is 0.103. The number of nitrogens with zero attached hydrogens (tertiary/aromatic N) is 2. The second kappa shape index (κ2) is 4.33. The normalized spacial score (nSPS) is 14.7. The zero-order valence-electron chi connectivity index (χ0n) is 9.77. The molecule has 2 heterocycles. The molecule has 3 rings (SSSR count). The average molecular weight is 280 g/mol. The first-order chi connectivity index (χ1) is 8.63. The van der Waals surface area contributed by atoms with E-state index in [4.69, 9.17) is 5.73 Å². The van der Waals surface area contributed by atoms with Crippen LogP contribution in [0.5, 0.6) is 0 Å². The number of nitrogens with two attached hydrogens (primary N) is 1. The van der Waals surface area contributed by atoms with Crippen LogP contribution in [-0.4, -0.2) is 15.9 Å². The van der Waals surface area contributed by atoms with Crippen molar-refractivity contribution in [3.63, 3.8) is 0 Å². The fourth-order valence-corrected chi connectivity index (χ4v) is 3.21. The number of hydrogen-bond donors (Lipinski definition) is 2. The Hall–Kier alpha value is -1.47. The molecule has 1 amide bonds. The molecule has 94 valence electrons. The lowest BCUT2D eigenvalue weighted by atomic mass is 10.3. The summed E-state index contributed by atoms with van der Waals surface area (Å²) in [6, 6.07) is 0. The van der Waals surface area contributed by atoms with Crippen molar-refractivity contribution in [2.24, 2.45) is 0 Å². The molecule has 1 aliphatic rings. The van der Waals surface area contributed by atoms with Crippen LogP contribution in [0.15, 0.2) is 5.38 Å². The van der Waals surface area contributed by atoms with E-state index in [-0.39, 0.29) is 5.91 Å². The van der Waals surface area contributed by atoms with E-state index >= 15 is 0 Å². The molecule has 2 aromatic rings. The third kappa shape index (κ3) is 2.23.